The lowest BCUT2D eigenvalue weighted by Crippen LogP contribution is -2.58. The van der Waals surface area contributed by atoms with E-state index in [0.717, 1.165) is 58.5 Å². The third-order valence-corrected chi connectivity index (χ3v) is 5.13. The van der Waals surface area contributed by atoms with Crippen molar-refractivity contribution in [1.82, 2.24) is 14.8 Å². The average Bonchev–Trinajstić information content (AvgIpc) is 3.38. The molecule has 0 N–H and O–H groups in total. The lowest BCUT2D eigenvalue weighted by atomic mass is 10.0. The molecule has 1 atom stereocenters. The lowest BCUT2D eigenvalue weighted by molar-refractivity contribution is -0.142. The summed E-state index contributed by atoms with van der Waals surface area (Å²) in [4.78, 5) is 9.18. The van der Waals surface area contributed by atoms with Crippen molar-refractivity contribution in [1.29, 1.82) is 0 Å². The summed E-state index contributed by atoms with van der Waals surface area (Å²) in [6.45, 7) is 8.54. The fourth-order valence-electron chi connectivity index (χ4n) is 3.79. The highest BCUT2D eigenvalue weighted by molar-refractivity contribution is 5.10. The molecule has 1 saturated carbocycles. The zero-order valence-electron chi connectivity index (χ0n) is 13.8. The number of hydrogen-bond donors (Lipinski definition) is 0. The van der Waals surface area contributed by atoms with Crippen molar-refractivity contribution in [3.05, 3.63) is 30.1 Å². The summed E-state index contributed by atoms with van der Waals surface area (Å²) in [5.41, 5.74) is 1.15. The van der Waals surface area contributed by atoms with Gasteiger partial charge in [-0.05, 0) is 36.5 Å². The molecule has 2 saturated heterocycles. The average molecular weight is 317 g/mol. The summed E-state index contributed by atoms with van der Waals surface area (Å²) in [6.07, 6.45) is 6.56. The van der Waals surface area contributed by atoms with Crippen molar-refractivity contribution in [2.24, 2.45) is 5.92 Å². The number of hydrogen-bond acceptors (Lipinski definition) is 5. The summed E-state index contributed by atoms with van der Waals surface area (Å²) in [5, 5.41) is 0. The molecule has 1 aliphatic carbocycles. The first-order chi connectivity index (χ1) is 11.3. The second-order valence-electron chi connectivity index (χ2n) is 7.33. The summed E-state index contributed by atoms with van der Waals surface area (Å²) in [6, 6.07) is 4.19. The van der Waals surface area contributed by atoms with Gasteiger partial charge in [0.05, 0.1) is 19.8 Å². The Labute approximate surface area is 138 Å². The van der Waals surface area contributed by atoms with Gasteiger partial charge in [-0.15, -0.1) is 0 Å². The minimum absolute atomic E-state index is 0.156. The van der Waals surface area contributed by atoms with E-state index in [2.05, 4.69) is 26.9 Å². The summed E-state index contributed by atoms with van der Waals surface area (Å²) < 4.78 is 12.2. The van der Waals surface area contributed by atoms with E-state index in [1.54, 1.807) is 0 Å². The van der Waals surface area contributed by atoms with Crippen LogP contribution in [0.15, 0.2) is 24.5 Å². The van der Waals surface area contributed by atoms with Gasteiger partial charge >= 0.3 is 0 Å². The van der Waals surface area contributed by atoms with Gasteiger partial charge in [0, 0.05) is 51.7 Å². The second-order valence-corrected chi connectivity index (χ2v) is 7.33. The minimum Gasteiger partial charge on any atom is -0.377 e. The SMILES string of the molecule is c1cc(CN2CCOCC3(C2)CN(CC2CC2)CCO3)ccn1. The maximum atomic E-state index is 6.27. The normalized spacial score (nSPS) is 30.4. The van der Waals surface area contributed by atoms with Crippen LogP contribution in [0.4, 0.5) is 0 Å². The van der Waals surface area contributed by atoms with Crippen molar-refractivity contribution in [2.45, 2.75) is 25.0 Å². The highest BCUT2D eigenvalue weighted by Gasteiger charge is 2.41. The summed E-state index contributed by atoms with van der Waals surface area (Å²) in [5.74, 6) is 0.935. The van der Waals surface area contributed by atoms with Crippen LogP contribution in [0.25, 0.3) is 0 Å². The predicted octanol–water partition coefficient (Wildman–Crippen LogP) is 1.39. The summed E-state index contributed by atoms with van der Waals surface area (Å²) in [7, 11) is 0. The molecule has 3 aliphatic rings. The first kappa shape index (κ1) is 15.5. The van der Waals surface area contributed by atoms with E-state index in [9.17, 15) is 0 Å². The van der Waals surface area contributed by atoms with Crippen molar-refractivity contribution >= 4 is 0 Å². The molecule has 2 aliphatic heterocycles. The van der Waals surface area contributed by atoms with E-state index in [1.165, 1.54) is 24.9 Å². The van der Waals surface area contributed by atoms with Crippen molar-refractivity contribution in [3.8, 4) is 0 Å². The third-order valence-electron chi connectivity index (χ3n) is 5.13. The number of rotatable bonds is 4. The van der Waals surface area contributed by atoms with Crippen LogP contribution in [0.1, 0.15) is 18.4 Å². The maximum absolute atomic E-state index is 6.27. The molecule has 0 aromatic carbocycles. The number of pyridine rings is 1. The smallest absolute Gasteiger partial charge is 0.117 e. The van der Waals surface area contributed by atoms with Crippen LogP contribution < -0.4 is 0 Å². The molecule has 1 aromatic heterocycles. The van der Waals surface area contributed by atoms with Crippen LogP contribution in [0.3, 0.4) is 0 Å². The molecular weight excluding hydrogens is 290 g/mol. The van der Waals surface area contributed by atoms with Gasteiger partial charge in [-0.2, -0.15) is 0 Å². The Bertz CT molecular complexity index is 508. The van der Waals surface area contributed by atoms with Gasteiger partial charge in [0.1, 0.15) is 5.60 Å². The third kappa shape index (κ3) is 4.10. The lowest BCUT2D eigenvalue weighted by Gasteiger charge is -2.43. The standard InChI is InChI=1S/C18H27N3O2/c1-2-16(1)11-21-8-10-23-18(14-21)13-20(7-9-22-15-18)12-17-3-5-19-6-4-17/h3-6,16H,1-2,7-15H2. The van der Waals surface area contributed by atoms with Gasteiger partial charge in [0.25, 0.3) is 0 Å². The van der Waals surface area contributed by atoms with Crippen LogP contribution in [0.5, 0.6) is 0 Å². The molecule has 1 aromatic rings. The Hall–Kier alpha value is -1.01. The molecule has 5 nitrogen and oxygen atoms in total. The van der Waals surface area contributed by atoms with E-state index >= 15 is 0 Å². The molecule has 3 fully saturated rings. The number of ether oxygens (including phenoxy) is 2. The minimum atomic E-state index is -0.156. The topological polar surface area (TPSA) is 37.8 Å². The first-order valence-electron chi connectivity index (χ1n) is 8.87. The highest BCUT2D eigenvalue weighted by Crippen LogP contribution is 2.32. The Morgan fingerprint density at radius 3 is 2.70 bits per heavy atom. The van der Waals surface area contributed by atoms with E-state index in [4.69, 9.17) is 9.47 Å². The molecule has 1 spiro atoms. The van der Waals surface area contributed by atoms with Crippen molar-refractivity contribution in [2.75, 3.05) is 52.5 Å². The van der Waals surface area contributed by atoms with Crippen molar-refractivity contribution in [3.63, 3.8) is 0 Å². The van der Waals surface area contributed by atoms with Gasteiger partial charge in [-0.3, -0.25) is 14.8 Å². The molecule has 1 unspecified atom stereocenters. The van der Waals surface area contributed by atoms with Gasteiger partial charge < -0.3 is 9.47 Å². The Balaban J connectivity index is 1.42. The number of morpholine rings is 1. The maximum Gasteiger partial charge on any atom is 0.117 e. The van der Waals surface area contributed by atoms with Crippen LogP contribution >= 0.6 is 0 Å². The Morgan fingerprint density at radius 1 is 1.09 bits per heavy atom. The molecule has 126 valence electrons. The Morgan fingerprint density at radius 2 is 1.87 bits per heavy atom. The molecule has 5 heteroatoms. The van der Waals surface area contributed by atoms with Crippen molar-refractivity contribution < 1.29 is 9.47 Å². The number of nitrogens with zero attached hydrogens (tertiary/aromatic N) is 3. The molecule has 23 heavy (non-hydrogen) atoms. The van der Waals surface area contributed by atoms with Crippen LogP contribution in [-0.2, 0) is 16.0 Å². The zero-order valence-corrected chi connectivity index (χ0v) is 13.8. The molecule has 4 rings (SSSR count). The fourth-order valence-corrected chi connectivity index (χ4v) is 3.79. The second kappa shape index (κ2) is 6.85. The highest BCUT2D eigenvalue weighted by atomic mass is 16.5. The molecule has 0 radical (unpaired) electrons. The van der Waals surface area contributed by atoms with E-state index in [0.29, 0.717) is 0 Å². The van der Waals surface area contributed by atoms with Gasteiger partial charge in [-0.25, -0.2) is 0 Å². The van der Waals surface area contributed by atoms with Crippen LogP contribution in [0.2, 0.25) is 0 Å². The zero-order chi connectivity index (χ0) is 15.5. The van der Waals surface area contributed by atoms with Crippen LogP contribution in [0, 0.1) is 5.92 Å². The van der Waals surface area contributed by atoms with Gasteiger partial charge in [0.15, 0.2) is 0 Å². The predicted molar refractivity (Wildman–Crippen MR) is 88.2 cm³/mol. The first-order valence-corrected chi connectivity index (χ1v) is 8.87. The van der Waals surface area contributed by atoms with E-state index < -0.39 is 0 Å². The monoisotopic (exact) mass is 317 g/mol. The largest absolute Gasteiger partial charge is 0.377 e. The van der Waals surface area contributed by atoms with Gasteiger partial charge in [0.2, 0.25) is 0 Å². The molecular formula is C18H27N3O2. The quantitative estimate of drug-likeness (QED) is 0.839. The van der Waals surface area contributed by atoms with Gasteiger partial charge in [-0.1, -0.05) is 0 Å². The van der Waals surface area contributed by atoms with Crippen LogP contribution in [-0.4, -0.2) is 72.9 Å². The molecule has 3 heterocycles. The Kier molecular flexibility index (Phi) is 4.62. The summed E-state index contributed by atoms with van der Waals surface area (Å²) >= 11 is 0. The number of aromatic nitrogens is 1. The van der Waals surface area contributed by atoms with E-state index in [1.807, 2.05) is 12.4 Å². The fraction of sp³-hybridized carbons (Fsp3) is 0.722. The molecule has 0 amide bonds. The van der Waals surface area contributed by atoms with E-state index in [-0.39, 0.29) is 5.60 Å². The molecule has 0 bridgehead atoms.